The van der Waals surface area contributed by atoms with Gasteiger partial charge in [-0.05, 0) is 30.9 Å². The third-order valence-corrected chi connectivity index (χ3v) is 4.36. The van der Waals surface area contributed by atoms with E-state index in [0.717, 1.165) is 10.9 Å². The van der Waals surface area contributed by atoms with Gasteiger partial charge in [0.25, 0.3) is 0 Å². The molecule has 0 aliphatic carbocycles. The molecule has 2 aromatic carbocycles. The fourth-order valence-corrected chi connectivity index (χ4v) is 3.22. The molecule has 100 valence electrons. The highest BCUT2D eigenvalue weighted by Gasteiger charge is 2.17. The summed E-state index contributed by atoms with van der Waals surface area (Å²) in [6.07, 6.45) is 0. The molecule has 5 heteroatoms. The fraction of sp³-hybridized carbons (Fsp3) is 0.214. The molecule has 0 aromatic heterocycles. The summed E-state index contributed by atoms with van der Waals surface area (Å²) in [5.41, 5.74) is 1.01. The van der Waals surface area contributed by atoms with Crippen LogP contribution in [-0.4, -0.2) is 20.7 Å². The minimum absolute atomic E-state index is 0.190. The second-order valence-electron chi connectivity index (χ2n) is 4.45. The van der Waals surface area contributed by atoms with Crippen molar-refractivity contribution < 1.29 is 13.2 Å². The maximum absolute atomic E-state index is 12.2. The molecule has 0 heterocycles. The topological polar surface area (TPSA) is 63.2 Å². The zero-order chi connectivity index (χ0) is 14.0. The molecule has 0 aliphatic heterocycles. The Bertz CT molecular complexity index is 735. The van der Waals surface area contributed by atoms with E-state index in [1.165, 1.54) is 6.92 Å². The van der Waals surface area contributed by atoms with Gasteiger partial charge in [0.05, 0.1) is 11.4 Å². The van der Waals surface area contributed by atoms with E-state index >= 15 is 0 Å². The molecule has 0 aliphatic rings. The van der Waals surface area contributed by atoms with Crippen LogP contribution in [0.15, 0.2) is 41.3 Å². The lowest BCUT2D eigenvalue weighted by atomic mass is 10.1. The minimum Gasteiger partial charge on any atom is -0.299 e. The number of nitrogens with one attached hydrogen (secondary N) is 1. The zero-order valence-corrected chi connectivity index (χ0v) is 11.6. The Morgan fingerprint density at radius 2 is 1.74 bits per heavy atom. The molecule has 0 bridgehead atoms. The zero-order valence-electron chi connectivity index (χ0n) is 10.8. The van der Waals surface area contributed by atoms with E-state index in [4.69, 9.17) is 0 Å². The van der Waals surface area contributed by atoms with Crippen LogP contribution in [0.4, 0.5) is 0 Å². The number of hydrogen-bond donors (Lipinski definition) is 1. The molecule has 0 saturated heterocycles. The number of carbonyl (C=O) groups excluding carboxylic acids is 1. The molecule has 0 unspecified atom stereocenters. The smallest absolute Gasteiger partial charge is 0.241 e. The first-order valence-electron chi connectivity index (χ1n) is 5.89. The van der Waals surface area contributed by atoms with Crippen LogP contribution in [0.3, 0.4) is 0 Å². The summed E-state index contributed by atoms with van der Waals surface area (Å²) in [5, 5.41) is 1.56. The summed E-state index contributed by atoms with van der Waals surface area (Å²) in [5.74, 6) is -0.222. The second-order valence-corrected chi connectivity index (χ2v) is 6.19. The summed E-state index contributed by atoms with van der Waals surface area (Å²) in [7, 11) is -3.67. The number of Topliss-reactive ketones (excluding diaryl/α,β-unsaturated/α-hetero) is 1. The average molecular weight is 277 g/mol. The van der Waals surface area contributed by atoms with Crippen molar-refractivity contribution in [2.75, 3.05) is 6.54 Å². The molecule has 0 atom stereocenters. The van der Waals surface area contributed by atoms with Crippen molar-refractivity contribution in [3.63, 3.8) is 0 Å². The number of benzene rings is 2. The van der Waals surface area contributed by atoms with E-state index in [9.17, 15) is 13.2 Å². The van der Waals surface area contributed by atoms with Crippen LogP contribution in [-0.2, 0) is 14.8 Å². The number of fused-ring (bicyclic) bond motifs is 1. The van der Waals surface area contributed by atoms with Gasteiger partial charge in [-0.1, -0.05) is 30.3 Å². The Balaban J connectivity index is 2.57. The van der Waals surface area contributed by atoms with Gasteiger partial charge in [-0.25, -0.2) is 13.1 Å². The number of rotatable bonds is 4. The van der Waals surface area contributed by atoms with Gasteiger partial charge in [-0.15, -0.1) is 0 Å². The summed E-state index contributed by atoms with van der Waals surface area (Å²) in [6.45, 7) is 3.09. The molecular formula is C14H15NO3S. The molecule has 0 saturated carbocycles. The highest BCUT2D eigenvalue weighted by molar-refractivity contribution is 7.89. The lowest BCUT2D eigenvalue weighted by Gasteiger charge is -2.09. The van der Waals surface area contributed by atoms with Crippen molar-refractivity contribution in [2.45, 2.75) is 18.7 Å². The molecule has 1 N–H and O–H groups in total. The standard InChI is InChI=1S/C14H15NO3S/c1-10-5-3-7-13-12(10)6-4-8-14(13)19(17,18)15-9-11(2)16/h3-8,15H,9H2,1-2H3. The second kappa shape index (κ2) is 5.11. The first-order valence-corrected chi connectivity index (χ1v) is 7.37. The van der Waals surface area contributed by atoms with Crippen molar-refractivity contribution in [1.29, 1.82) is 0 Å². The van der Waals surface area contributed by atoms with E-state index in [-0.39, 0.29) is 17.2 Å². The van der Waals surface area contributed by atoms with Crippen LogP contribution in [0, 0.1) is 6.92 Å². The highest BCUT2D eigenvalue weighted by atomic mass is 32.2. The minimum atomic E-state index is -3.67. The van der Waals surface area contributed by atoms with Crippen molar-refractivity contribution in [1.82, 2.24) is 4.72 Å². The molecule has 0 amide bonds. The number of ketones is 1. The lowest BCUT2D eigenvalue weighted by molar-refractivity contribution is -0.115. The number of sulfonamides is 1. The highest BCUT2D eigenvalue weighted by Crippen LogP contribution is 2.25. The van der Waals surface area contributed by atoms with E-state index < -0.39 is 10.0 Å². The Morgan fingerprint density at radius 1 is 1.11 bits per heavy atom. The van der Waals surface area contributed by atoms with Crippen molar-refractivity contribution in [3.05, 3.63) is 42.0 Å². The maximum atomic E-state index is 12.2. The number of hydrogen-bond acceptors (Lipinski definition) is 3. The predicted octanol–water partition coefficient (Wildman–Crippen LogP) is 2.02. The van der Waals surface area contributed by atoms with E-state index in [2.05, 4.69) is 4.72 Å². The summed E-state index contributed by atoms with van der Waals surface area (Å²) in [6, 6.07) is 10.7. The van der Waals surface area contributed by atoms with E-state index in [0.29, 0.717) is 5.39 Å². The molecule has 0 fully saturated rings. The van der Waals surface area contributed by atoms with Gasteiger partial charge in [-0.3, -0.25) is 4.79 Å². The third kappa shape index (κ3) is 2.83. The van der Waals surface area contributed by atoms with E-state index in [1.54, 1.807) is 18.2 Å². The van der Waals surface area contributed by atoms with E-state index in [1.807, 2.05) is 25.1 Å². The van der Waals surface area contributed by atoms with Crippen molar-refractivity contribution >= 4 is 26.6 Å². The largest absolute Gasteiger partial charge is 0.299 e. The third-order valence-electron chi connectivity index (χ3n) is 2.90. The van der Waals surface area contributed by atoms with Gasteiger partial charge in [0, 0.05) is 5.39 Å². The molecule has 2 aromatic rings. The van der Waals surface area contributed by atoms with Gasteiger partial charge in [0.2, 0.25) is 10.0 Å². The Morgan fingerprint density at radius 3 is 2.42 bits per heavy atom. The van der Waals surface area contributed by atoms with Gasteiger partial charge in [0.1, 0.15) is 5.78 Å². The summed E-state index contributed by atoms with van der Waals surface area (Å²) in [4.78, 5) is 11.1. The first kappa shape index (κ1) is 13.7. The van der Waals surface area contributed by atoms with Crippen LogP contribution < -0.4 is 4.72 Å². The SMILES string of the molecule is CC(=O)CNS(=O)(=O)c1cccc2c(C)cccc12. The van der Waals surface area contributed by atoms with Crippen molar-refractivity contribution in [2.24, 2.45) is 0 Å². The average Bonchev–Trinajstić information content (AvgIpc) is 2.36. The van der Waals surface area contributed by atoms with Crippen LogP contribution in [0.2, 0.25) is 0 Å². The van der Waals surface area contributed by atoms with Gasteiger partial charge >= 0.3 is 0 Å². The molecule has 19 heavy (non-hydrogen) atoms. The fourth-order valence-electron chi connectivity index (χ4n) is 1.95. The maximum Gasteiger partial charge on any atom is 0.241 e. The summed E-state index contributed by atoms with van der Waals surface area (Å²) < 4.78 is 26.7. The Labute approximate surface area is 112 Å². The quantitative estimate of drug-likeness (QED) is 0.930. The summed E-state index contributed by atoms with van der Waals surface area (Å²) >= 11 is 0. The molecule has 2 rings (SSSR count). The van der Waals surface area contributed by atoms with Gasteiger partial charge in [0.15, 0.2) is 0 Å². The Hall–Kier alpha value is -1.72. The van der Waals surface area contributed by atoms with Crippen LogP contribution in [0.1, 0.15) is 12.5 Å². The van der Waals surface area contributed by atoms with Crippen molar-refractivity contribution in [3.8, 4) is 0 Å². The van der Waals surface area contributed by atoms with Gasteiger partial charge < -0.3 is 0 Å². The normalized spacial score (nSPS) is 11.7. The van der Waals surface area contributed by atoms with Crippen LogP contribution in [0.25, 0.3) is 10.8 Å². The predicted molar refractivity (Wildman–Crippen MR) is 74.6 cm³/mol. The van der Waals surface area contributed by atoms with Gasteiger partial charge in [-0.2, -0.15) is 0 Å². The number of carbonyl (C=O) groups is 1. The first-order chi connectivity index (χ1) is 8.92. The number of aryl methyl sites for hydroxylation is 1. The molecule has 0 radical (unpaired) electrons. The lowest BCUT2D eigenvalue weighted by Crippen LogP contribution is -2.28. The molecule has 0 spiro atoms. The Kier molecular flexibility index (Phi) is 3.68. The van der Waals surface area contributed by atoms with Crippen LogP contribution >= 0.6 is 0 Å². The monoisotopic (exact) mass is 277 g/mol. The molecular weight excluding hydrogens is 262 g/mol. The molecule has 4 nitrogen and oxygen atoms in total. The van der Waals surface area contributed by atoms with Crippen LogP contribution in [0.5, 0.6) is 0 Å².